The van der Waals surface area contributed by atoms with Gasteiger partial charge in [0, 0.05) is 26.2 Å². The lowest BCUT2D eigenvalue weighted by molar-refractivity contribution is -0.0307. The van der Waals surface area contributed by atoms with Gasteiger partial charge < -0.3 is 14.7 Å². The molecule has 1 aromatic rings. The first-order valence-corrected chi connectivity index (χ1v) is 8.80. The average Bonchev–Trinajstić information content (AvgIpc) is 2.53. The normalized spacial score (nSPS) is 25.2. The van der Waals surface area contributed by atoms with Crippen LogP contribution >= 0.6 is 0 Å². The Morgan fingerprint density at radius 2 is 1.92 bits per heavy atom. The summed E-state index contributed by atoms with van der Waals surface area (Å²) >= 11 is 0. The zero-order chi connectivity index (χ0) is 17.3. The van der Waals surface area contributed by atoms with Crippen molar-refractivity contribution in [3.8, 4) is 0 Å². The number of likely N-dealkylation sites (tertiary alicyclic amines) is 1. The summed E-state index contributed by atoms with van der Waals surface area (Å²) in [6.45, 7) is 8.46. The second-order valence-electron chi connectivity index (χ2n) is 7.84. The third-order valence-corrected chi connectivity index (χ3v) is 4.83. The van der Waals surface area contributed by atoms with E-state index >= 15 is 0 Å². The lowest BCUT2D eigenvalue weighted by Gasteiger charge is -2.43. The SMILES string of the molecule is CC(C)(C)OC(=O)N1CCC(O)[C@@H](N2CCc3ccccc3C2)C1. The van der Waals surface area contributed by atoms with Crippen molar-refractivity contribution in [2.75, 3.05) is 19.6 Å². The number of benzene rings is 1. The molecule has 2 aliphatic rings. The van der Waals surface area contributed by atoms with Crippen LogP contribution in [0, 0.1) is 0 Å². The first-order valence-electron chi connectivity index (χ1n) is 8.80. The van der Waals surface area contributed by atoms with Crippen LogP contribution < -0.4 is 0 Å². The van der Waals surface area contributed by atoms with Gasteiger partial charge in [0.15, 0.2) is 0 Å². The van der Waals surface area contributed by atoms with Crippen molar-refractivity contribution in [1.29, 1.82) is 0 Å². The highest BCUT2D eigenvalue weighted by Gasteiger charge is 2.36. The van der Waals surface area contributed by atoms with Gasteiger partial charge in [-0.1, -0.05) is 24.3 Å². The van der Waals surface area contributed by atoms with Crippen LogP contribution in [-0.4, -0.2) is 58.4 Å². The van der Waals surface area contributed by atoms with Crippen LogP contribution in [0.2, 0.25) is 0 Å². The van der Waals surface area contributed by atoms with E-state index in [0.29, 0.717) is 19.5 Å². The number of aliphatic hydroxyl groups is 1. The number of nitrogens with zero attached hydrogens (tertiary/aromatic N) is 2. The number of hydrogen-bond acceptors (Lipinski definition) is 4. The van der Waals surface area contributed by atoms with Crippen LogP contribution in [0.3, 0.4) is 0 Å². The van der Waals surface area contributed by atoms with E-state index in [4.69, 9.17) is 4.74 Å². The summed E-state index contributed by atoms with van der Waals surface area (Å²) in [5.74, 6) is 0. The molecule has 3 rings (SSSR count). The van der Waals surface area contributed by atoms with Crippen LogP contribution in [0.1, 0.15) is 38.3 Å². The molecular weight excluding hydrogens is 304 g/mol. The number of piperidine rings is 1. The Bertz CT molecular complexity index is 597. The second kappa shape index (κ2) is 6.73. The maximum absolute atomic E-state index is 12.4. The monoisotopic (exact) mass is 332 g/mol. The van der Waals surface area contributed by atoms with Crippen molar-refractivity contribution in [3.05, 3.63) is 35.4 Å². The van der Waals surface area contributed by atoms with E-state index < -0.39 is 11.7 Å². The molecule has 5 nitrogen and oxygen atoms in total. The summed E-state index contributed by atoms with van der Waals surface area (Å²) in [5.41, 5.74) is 2.22. The fourth-order valence-corrected chi connectivity index (χ4v) is 3.57. The van der Waals surface area contributed by atoms with Crippen molar-refractivity contribution in [1.82, 2.24) is 9.80 Å². The number of hydrogen-bond donors (Lipinski definition) is 1. The van der Waals surface area contributed by atoms with Crippen molar-refractivity contribution in [2.45, 2.75) is 57.9 Å². The van der Waals surface area contributed by atoms with Gasteiger partial charge in [0.25, 0.3) is 0 Å². The lowest BCUT2D eigenvalue weighted by Crippen LogP contribution is -2.57. The molecule has 24 heavy (non-hydrogen) atoms. The Balaban J connectivity index is 1.68. The molecule has 5 heteroatoms. The van der Waals surface area contributed by atoms with E-state index in [9.17, 15) is 9.90 Å². The maximum atomic E-state index is 12.4. The molecule has 1 unspecified atom stereocenters. The van der Waals surface area contributed by atoms with E-state index in [1.807, 2.05) is 20.8 Å². The highest BCUT2D eigenvalue weighted by Crippen LogP contribution is 2.25. The van der Waals surface area contributed by atoms with Crippen LogP contribution in [0.15, 0.2) is 24.3 Å². The Labute approximate surface area is 144 Å². The van der Waals surface area contributed by atoms with E-state index in [2.05, 4.69) is 29.2 Å². The van der Waals surface area contributed by atoms with Gasteiger partial charge >= 0.3 is 6.09 Å². The molecule has 0 saturated carbocycles. The fraction of sp³-hybridized carbons (Fsp3) is 0.632. The van der Waals surface area contributed by atoms with Crippen molar-refractivity contribution >= 4 is 6.09 Å². The molecule has 1 amide bonds. The number of carbonyl (C=O) groups is 1. The zero-order valence-electron chi connectivity index (χ0n) is 14.9. The smallest absolute Gasteiger partial charge is 0.410 e. The van der Waals surface area contributed by atoms with Crippen LogP contribution in [-0.2, 0) is 17.7 Å². The van der Waals surface area contributed by atoms with Gasteiger partial charge in [0.2, 0.25) is 0 Å². The summed E-state index contributed by atoms with van der Waals surface area (Å²) in [4.78, 5) is 16.4. The standard InChI is InChI=1S/C19H28N2O3/c1-19(2,3)24-18(23)21-11-9-17(22)16(13-21)20-10-8-14-6-4-5-7-15(14)12-20/h4-7,16-17,22H,8-13H2,1-3H3/t16-,17?/m0/s1. The van der Waals surface area contributed by atoms with Crippen LogP contribution in [0.5, 0.6) is 0 Å². The molecule has 1 aromatic carbocycles. The zero-order valence-corrected chi connectivity index (χ0v) is 14.9. The molecule has 0 bridgehead atoms. The van der Waals surface area contributed by atoms with Gasteiger partial charge in [0.05, 0.1) is 12.1 Å². The molecule has 0 aliphatic carbocycles. The largest absolute Gasteiger partial charge is 0.444 e. The number of ether oxygens (including phenoxy) is 1. The molecule has 1 N–H and O–H groups in total. The van der Waals surface area contributed by atoms with Gasteiger partial charge in [-0.05, 0) is 44.7 Å². The molecule has 2 aliphatic heterocycles. The maximum Gasteiger partial charge on any atom is 0.410 e. The van der Waals surface area contributed by atoms with Crippen LogP contribution in [0.4, 0.5) is 4.79 Å². The topological polar surface area (TPSA) is 53.0 Å². The number of amides is 1. The molecule has 0 spiro atoms. The van der Waals surface area contributed by atoms with Gasteiger partial charge in [-0.15, -0.1) is 0 Å². The molecule has 2 atom stereocenters. The number of aliphatic hydroxyl groups excluding tert-OH is 1. The fourth-order valence-electron chi connectivity index (χ4n) is 3.57. The second-order valence-corrected chi connectivity index (χ2v) is 7.84. The Morgan fingerprint density at radius 3 is 2.62 bits per heavy atom. The average molecular weight is 332 g/mol. The van der Waals surface area contributed by atoms with E-state index in [1.54, 1.807) is 4.90 Å². The minimum atomic E-state index is -0.493. The summed E-state index contributed by atoms with van der Waals surface area (Å²) in [5, 5.41) is 10.5. The summed E-state index contributed by atoms with van der Waals surface area (Å²) < 4.78 is 5.49. The molecule has 0 aromatic heterocycles. The first-order chi connectivity index (χ1) is 11.3. The molecule has 132 valence electrons. The van der Waals surface area contributed by atoms with Crippen molar-refractivity contribution in [3.63, 3.8) is 0 Å². The summed E-state index contributed by atoms with van der Waals surface area (Å²) in [6.07, 6.45) is 0.916. The predicted molar refractivity (Wildman–Crippen MR) is 92.8 cm³/mol. The lowest BCUT2D eigenvalue weighted by atomic mass is 9.94. The minimum absolute atomic E-state index is 0.0281. The third kappa shape index (κ3) is 3.90. The van der Waals surface area contributed by atoms with Gasteiger partial charge in [-0.25, -0.2) is 4.79 Å². The first kappa shape index (κ1) is 17.2. The number of rotatable bonds is 1. The highest BCUT2D eigenvalue weighted by molar-refractivity contribution is 5.68. The third-order valence-electron chi connectivity index (χ3n) is 4.83. The Morgan fingerprint density at radius 1 is 1.21 bits per heavy atom. The van der Waals surface area contributed by atoms with Crippen LogP contribution in [0.25, 0.3) is 0 Å². The number of carbonyl (C=O) groups excluding carboxylic acids is 1. The quantitative estimate of drug-likeness (QED) is 0.858. The van der Waals surface area contributed by atoms with Gasteiger partial charge in [0.1, 0.15) is 5.60 Å². The number of fused-ring (bicyclic) bond motifs is 1. The minimum Gasteiger partial charge on any atom is -0.444 e. The summed E-state index contributed by atoms with van der Waals surface area (Å²) in [7, 11) is 0. The van der Waals surface area contributed by atoms with Crippen molar-refractivity contribution < 1.29 is 14.6 Å². The molecular formula is C19H28N2O3. The predicted octanol–water partition coefficient (Wildman–Crippen LogP) is 2.42. The Hall–Kier alpha value is -1.59. The molecule has 1 fully saturated rings. The van der Waals surface area contributed by atoms with E-state index in [-0.39, 0.29) is 12.1 Å². The highest BCUT2D eigenvalue weighted by atomic mass is 16.6. The van der Waals surface area contributed by atoms with Gasteiger partial charge in [-0.3, -0.25) is 4.90 Å². The van der Waals surface area contributed by atoms with Crippen molar-refractivity contribution in [2.24, 2.45) is 0 Å². The molecule has 0 radical (unpaired) electrons. The Kier molecular flexibility index (Phi) is 4.83. The van der Waals surface area contributed by atoms with Gasteiger partial charge in [-0.2, -0.15) is 0 Å². The molecule has 2 heterocycles. The molecule has 1 saturated heterocycles. The summed E-state index contributed by atoms with van der Waals surface area (Å²) in [6, 6.07) is 8.44. The van der Waals surface area contributed by atoms with E-state index in [0.717, 1.165) is 19.5 Å². The van der Waals surface area contributed by atoms with E-state index in [1.165, 1.54) is 11.1 Å².